The molecule has 0 aliphatic carbocycles. The third-order valence-corrected chi connectivity index (χ3v) is 3.49. The van der Waals surface area contributed by atoms with Crippen molar-refractivity contribution in [2.45, 2.75) is 53.0 Å². The second kappa shape index (κ2) is 6.99. The number of aromatic nitrogens is 2. The molecule has 0 spiro atoms. The predicted molar refractivity (Wildman–Crippen MR) is 97.8 cm³/mol. The molecule has 0 aliphatic heterocycles. The van der Waals surface area contributed by atoms with Gasteiger partial charge in [0.15, 0.2) is 0 Å². The molecule has 0 bridgehead atoms. The number of nitrogens with one attached hydrogen (secondary N) is 2. The maximum Gasteiger partial charge on any atom is 0.270 e. The molecule has 128 valence electrons. The van der Waals surface area contributed by atoms with Gasteiger partial charge in [-0.05, 0) is 37.8 Å². The third kappa shape index (κ3) is 4.54. The molecule has 1 aromatic heterocycles. The van der Waals surface area contributed by atoms with Crippen molar-refractivity contribution >= 4 is 17.4 Å². The quantitative estimate of drug-likeness (QED) is 0.892. The average molecular weight is 326 g/mol. The standard InChI is InChI=1S/C19H26N4O/c1-12(2)20-18(24)16-11-17(22-13(3)21-16)23-15-10-8-7-9-14(15)19(4,5)6/h7-12H,1-6H3,(H,20,24)(H,21,22,23). The van der Waals surface area contributed by atoms with E-state index in [2.05, 4.69) is 47.4 Å². The molecule has 2 N–H and O–H groups in total. The van der Waals surface area contributed by atoms with Crippen LogP contribution in [0.15, 0.2) is 30.3 Å². The highest BCUT2D eigenvalue weighted by Gasteiger charge is 2.18. The molecule has 0 unspecified atom stereocenters. The highest BCUT2D eigenvalue weighted by Crippen LogP contribution is 2.30. The zero-order valence-corrected chi connectivity index (χ0v) is 15.3. The summed E-state index contributed by atoms with van der Waals surface area (Å²) >= 11 is 0. The molecule has 0 saturated heterocycles. The largest absolute Gasteiger partial charge is 0.349 e. The molecule has 0 radical (unpaired) electrons. The number of nitrogens with zero attached hydrogens (tertiary/aromatic N) is 2. The van der Waals surface area contributed by atoms with Gasteiger partial charge in [0.25, 0.3) is 5.91 Å². The predicted octanol–water partition coefficient (Wildman–Crippen LogP) is 3.96. The van der Waals surface area contributed by atoms with E-state index in [1.807, 2.05) is 32.0 Å². The average Bonchev–Trinajstić information content (AvgIpc) is 2.45. The first-order valence-corrected chi connectivity index (χ1v) is 8.20. The topological polar surface area (TPSA) is 66.9 Å². The van der Waals surface area contributed by atoms with Crippen molar-refractivity contribution in [2.75, 3.05) is 5.32 Å². The minimum atomic E-state index is -0.192. The summed E-state index contributed by atoms with van der Waals surface area (Å²) in [5.41, 5.74) is 2.54. The van der Waals surface area contributed by atoms with Gasteiger partial charge in [0.1, 0.15) is 17.3 Å². The first kappa shape index (κ1) is 17.9. The minimum absolute atomic E-state index is 0.00349. The summed E-state index contributed by atoms with van der Waals surface area (Å²) in [6, 6.07) is 9.88. The Balaban J connectivity index is 2.35. The summed E-state index contributed by atoms with van der Waals surface area (Å²) in [5.74, 6) is 0.984. The van der Waals surface area contributed by atoms with Crippen molar-refractivity contribution in [3.05, 3.63) is 47.4 Å². The molecule has 0 aliphatic rings. The lowest BCUT2D eigenvalue weighted by atomic mass is 9.86. The lowest BCUT2D eigenvalue weighted by Crippen LogP contribution is -2.31. The van der Waals surface area contributed by atoms with Crippen LogP contribution in [0.2, 0.25) is 0 Å². The molecule has 0 fully saturated rings. The van der Waals surface area contributed by atoms with Crippen molar-refractivity contribution in [3.63, 3.8) is 0 Å². The lowest BCUT2D eigenvalue weighted by molar-refractivity contribution is 0.0937. The van der Waals surface area contributed by atoms with Gasteiger partial charge in [0.05, 0.1) is 0 Å². The first-order valence-electron chi connectivity index (χ1n) is 8.20. The summed E-state index contributed by atoms with van der Waals surface area (Å²) in [4.78, 5) is 20.9. The molecule has 1 amide bonds. The highest BCUT2D eigenvalue weighted by atomic mass is 16.1. The highest BCUT2D eigenvalue weighted by molar-refractivity contribution is 5.93. The summed E-state index contributed by atoms with van der Waals surface area (Å²) in [7, 11) is 0. The number of anilines is 2. The van der Waals surface area contributed by atoms with Crippen LogP contribution in [0.1, 0.15) is 56.5 Å². The van der Waals surface area contributed by atoms with Crippen LogP contribution in [0.25, 0.3) is 0 Å². The van der Waals surface area contributed by atoms with Crippen LogP contribution >= 0.6 is 0 Å². The smallest absolute Gasteiger partial charge is 0.270 e. The van der Waals surface area contributed by atoms with Crippen LogP contribution in [-0.2, 0) is 5.41 Å². The van der Waals surface area contributed by atoms with E-state index >= 15 is 0 Å². The van der Waals surface area contributed by atoms with E-state index in [4.69, 9.17) is 0 Å². The van der Waals surface area contributed by atoms with Gasteiger partial charge in [-0.1, -0.05) is 39.0 Å². The summed E-state index contributed by atoms with van der Waals surface area (Å²) in [6.07, 6.45) is 0. The van der Waals surface area contributed by atoms with E-state index in [0.717, 1.165) is 5.69 Å². The van der Waals surface area contributed by atoms with E-state index in [1.165, 1.54) is 5.56 Å². The second-order valence-corrected chi connectivity index (χ2v) is 7.23. The Morgan fingerprint density at radius 3 is 2.42 bits per heavy atom. The second-order valence-electron chi connectivity index (χ2n) is 7.23. The van der Waals surface area contributed by atoms with Crippen LogP contribution in [0.5, 0.6) is 0 Å². The van der Waals surface area contributed by atoms with Gasteiger partial charge in [-0.25, -0.2) is 9.97 Å². The fourth-order valence-electron chi connectivity index (χ4n) is 2.47. The summed E-state index contributed by atoms with van der Waals surface area (Å²) < 4.78 is 0. The molecular formula is C19H26N4O. The van der Waals surface area contributed by atoms with Crippen LogP contribution in [0.3, 0.4) is 0 Å². The Labute approximate surface area is 143 Å². The molecule has 0 saturated carbocycles. The van der Waals surface area contributed by atoms with E-state index in [9.17, 15) is 4.79 Å². The van der Waals surface area contributed by atoms with Gasteiger partial charge < -0.3 is 10.6 Å². The molecule has 24 heavy (non-hydrogen) atoms. The van der Waals surface area contributed by atoms with E-state index < -0.39 is 0 Å². The molecule has 1 aromatic carbocycles. The number of benzene rings is 1. The number of amides is 1. The number of carbonyl (C=O) groups is 1. The summed E-state index contributed by atoms with van der Waals surface area (Å²) in [6.45, 7) is 12.1. The number of hydrogen-bond acceptors (Lipinski definition) is 4. The molecule has 2 aromatic rings. The number of para-hydroxylation sites is 1. The number of carbonyl (C=O) groups excluding carboxylic acids is 1. The Hall–Kier alpha value is -2.43. The number of aryl methyl sites for hydroxylation is 1. The fraction of sp³-hybridized carbons (Fsp3) is 0.421. The van der Waals surface area contributed by atoms with Crippen molar-refractivity contribution in [3.8, 4) is 0 Å². The van der Waals surface area contributed by atoms with Crippen molar-refractivity contribution in [1.29, 1.82) is 0 Å². The van der Waals surface area contributed by atoms with Gasteiger partial charge >= 0.3 is 0 Å². The maximum absolute atomic E-state index is 12.2. The molecule has 5 nitrogen and oxygen atoms in total. The van der Waals surface area contributed by atoms with Crippen molar-refractivity contribution < 1.29 is 4.79 Å². The van der Waals surface area contributed by atoms with Gasteiger partial charge in [-0.15, -0.1) is 0 Å². The normalized spacial score (nSPS) is 11.5. The molecule has 5 heteroatoms. The van der Waals surface area contributed by atoms with E-state index in [1.54, 1.807) is 13.0 Å². The number of rotatable bonds is 4. The van der Waals surface area contributed by atoms with Crippen LogP contribution in [-0.4, -0.2) is 21.9 Å². The minimum Gasteiger partial charge on any atom is -0.349 e. The molecular weight excluding hydrogens is 300 g/mol. The van der Waals surface area contributed by atoms with E-state index in [-0.39, 0.29) is 17.4 Å². The zero-order chi connectivity index (χ0) is 17.9. The molecule has 0 atom stereocenters. The fourth-order valence-corrected chi connectivity index (χ4v) is 2.47. The SMILES string of the molecule is Cc1nc(Nc2ccccc2C(C)(C)C)cc(C(=O)NC(C)C)n1. The van der Waals surface area contributed by atoms with E-state index in [0.29, 0.717) is 17.3 Å². The Bertz CT molecular complexity index is 732. The van der Waals surface area contributed by atoms with Crippen LogP contribution < -0.4 is 10.6 Å². The van der Waals surface area contributed by atoms with Crippen molar-refractivity contribution in [2.24, 2.45) is 0 Å². The Kier molecular flexibility index (Phi) is 5.22. The number of hydrogen-bond donors (Lipinski definition) is 2. The molecule has 2 rings (SSSR count). The Morgan fingerprint density at radius 1 is 1.12 bits per heavy atom. The lowest BCUT2D eigenvalue weighted by Gasteiger charge is -2.23. The summed E-state index contributed by atoms with van der Waals surface area (Å²) in [5, 5.41) is 6.19. The van der Waals surface area contributed by atoms with Gasteiger partial charge in [-0.2, -0.15) is 0 Å². The maximum atomic E-state index is 12.2. The zero-order valence-electron chi connectivity index (χ0n) is 15.3. The first-order chi connectivity index (χ1) is 11.2. The molecule has 1 heterocycles. The third-order valence-electron chi connectivity index (χ3n) is 3.49. The van der Waals surface area contributed by atoms with Gasteiger partial charge in [0, 0.05) is 17.8 Å². The van der Waals surface area contributed by atoms with Crippen LogP contribution in [0, 0.1) is 6.92 Å². The van der Waals surface area contributed by atoms with Gasteiger partial charge in [0.2, 0.25) is 0 Å². The van der Waals surface area contributed by atoms with Gasteiger partial charge in [-0.3, -0.25) is 4.79 Å². The van der Waals surface area contributed by atoms with Crippen molar-refractivity contribution in [1.82, 2.24) is 15.3 Å². The monoisotopic (exact) mass is 326 g/mol. The Morgan fingerprint density at radius 2 is 1.79 bits per heavy atom. The van der Waals surface area contributed by atoms with Crippen LogP contribution in [0.4, 0.5) is 11.5 Å².